The van der Waals surface area contributed by atoms with E-state index in [4.69, 9.17) is 0 Å². The number of hydrogen-bond donors (Lipinski definition) is 3. The molecule has 1 aromatic heterocycles. The number of H-pyrrole nitrogens is 1. The van der Waals surface area contributed by atoms with Crippen LogP contribution in [0.15, 0.2) is 24.4 Å². The first-order valence-corrected chi connectivity index (χ1v) is 8.95. The first-order valence-electron chi connectivity index (χ1n) is 8.95. The van der Waals surface area contributed by atoms with Crippen molar-refractivity contribution in [1.29, 1.82) is 0 Å². The van der Waals surface area contributed by atoms with E-state index in [1.165, 1.54) is 0 Å². The summed E-state index contributed by atoms with van der Waals surface area (Å²) in [5, 5.41) is 11.2. The molecule has 11 heteroatoms. The molecule has 1 saturated heterocycles. The van der Waals surface area contributed by atoms with Gasteiger partial charge in [0, 0.05) is 19.1 Å². The molecule has 0 radical (unpaired) electrons. The van der Waals surface area contributed by atoms with Crippen molar-refractivity contribution >= 4 is 17.5 Å². The number of alkyl halides is 2. The van der Waals surface area contributed by atoms with Gasteiger partial charge in [-0.25, -0.2) is 17.6 Å². The Morgan fingerprint density at radius 3 is 2.45 bits per heavy atom. The molecule has 156 valence electrons. The minimum absolute atomic E-state index is 0.0368. The maximum absolute atomic E-state index is 13.8. The summed E-state index contributed by atoms with van der Waals surface area (Å²) in [5.41, 5.74) is -0.887. The van der Waals surface area contributed by atoms with E-state index in [9.17, 15) is 27.2 Å². The van der Waals surface area contributed by atoms with Crippen LogP contribution in [-0.2, 0) is 0 Å². The molecule has 0 atom stereocenters. The number of carbonyl (C=O) groups is 2. The highest BCUT2D eigenvalue weighted by molar-refractivity contribution is 6.08. The van der Waals surface area contributed by atoms with Crippen LogP contribution in [-0.4, -0.2) is 59.0 Å². The quantitative estimate of drug-likeness (QED) is 0.635. The largest absolute Gasteiger partial charge is 0.348 e. The van der Waals surface area contributed by atoms with Crippen molar-refractivity contribution in [3.05, 3.63) is 47.3 Å². The highest BCUT2D eigenvalue weighted by atomic mass is 19.3. The third-order valence-electron chi connectivity index (χ3n) is 4.62. The lowest BCUT2D eigenvalue weighted by Crippen LogP contribution is -2.46. The van der Waals surface area contributed by atoms with E-state index < -0.39 is 35.4 Å². The number of anilines is 1. The minimum Gasteiger partial charge on any atom is -0.348 e. The van der Waals surface area contributed by atoms with Crippen molar-refractivity contribution in [2.45, 2.75) is 25.3 Å². The number of aromatic nitrogens is 2. The molecule has 0 saturated carbocycles. The molecule has 0 bridgehead atoms. The number of aromatic amines is 1. The molecule has 2 amide bonds. The number of benzene rings is 1. The van der Waals surface area contributed by atoms with E-state index in [0.29, 0.717) is 25.9 Å². The predicted molar refractivity (Wildman–Crippen MR) is 95.8 cm³/mol. The molecule has 1 aliphatic heterocycles. The number of amides is 2. The van der Waals surface area contributed by atoms with Gasteiger partial charge in [0.1, 0.15) is 22.9 Å². The molecule has 3 N–H and O–H groups in total. The summed E-state index contributed by atoms with van der Waals surface area (Å²) >= 11 is 0. The molecule has 1 aromatic carbocycles. The summed E-state index contributed by atoms with van der Waals surface area (Å²) < 4.78 is 52.4. The van der Waals surface area contributed by atoms with Crippen molar-refractivity contribution in [3.63, 3.8) is 0 Å². The first kappa shape index (κ1) is 20.8. The van der Waals surface area contributed by atoms with Crippen LogP contribution in [0.1, 0.15) is 33.7 Å². The molecule has 7 nitrogen and oxygen atoms in total. The number of piperidine rings is 1. The molecular formula is C18H19F4N5O2. The van der Waals surface area contributed by atoms with E-state index in [1.807, 2.05) is 0 Å². The molecule has 2 heterocycles. The number of carbonyl (C=O) groups excluding carboxylic acids is 2. The van der Waals surface area contributed by atoms with Crippen LogP contribution < -0.4 is 10.6 Å². The lowest BCUT2D eigenvalue weighted by Gasteiger charge is -2.31. The topological polar surface area (TPSA) is 90.1 Å². The summed E-state index contributed by atoms with van der Waals surface area (Å²) in [4.78, 5) is 26.3. The molecule has 1 fully saturated rings. The van der Waals surface area contributed by atoms with Crippen molar-refractivity contribution < 1.29 is 27.2 Å². The predicted octanol–water partition coefficient (Wildman–Crippen LogP) is 2.40. The average molecular weight is 413 g/mol. The van der Waals surface area contributed by atoms with Gasteiger partial charge in [0.05, 0.1) is 18.4 Å². The average Bonchev–Trinajstić information content (AvgIpc) is 3.11. The normalized spacial score (nSPS) is 15.5. The molecule has 29 heavy (non-hydrogen) atoms. The fourth-order valence-corrected chi connectivity index (χ4v) is 3.17. The fourth-order valence-electron chi connectivity index (χ4n) is 3.17. The van der Waals surface area contributed by atoms with Gasteiger partial charge in [-0.05, 0) is 25.0 Å². The Hall–Kier alpha value is -2.95. The third-order valence-corrected chi connectivity index (χ3v) is 4.62. The Kier molecular flexibility index (Phi) is 6.47. The van der Waals surface area contributed by atoms with Crippen molar-refractivity contribution in [2.75, 3.05) is 25.0 Å². The Bertz CT molecular complexity index is 861. The Morgan fingerprint density at radius 1 is 1.17 bits per heavy atom. The second-order valence-electron chi connectivity index (χ2n) is 6.65. The van der Waals surface area contributed by atoms with Gasteiger partial charge in [-0.1, -0.05) is 6.07 Å². The molecule has 1 aliphatic rings. The maximum Gasteiger partial charge on any atom is 0.271 e. The molecule has 0 unspecified atom stereocenters. The molecule has 0 spiro atoms. The number of nitrogens with one attached hydrogen (secondary N) is 3. The number of halogens is 4. The van der Waals surface area contributed by atoms with E-state index in [0.717, 1.165) is 24.4 Å². The number of likely N-dealkylation sites (tertiary alicyclic amines) is 1. The van der Waals surface area contributed by atoms with Crippen LogP contribution in [0.4, 0.5) is 23.2 Å². The van der Waals surface area contributed by atoms with Crippen LogP contribution in [0.3, 0.4) is 0 Å². The zero-order valence-electron chi connectivity index (χ0n) is 15.2. The second kappa shape index (κ2) is 9.03. The summed E-state index contributed by atoms with van der Waals surface area (Å²) in [7, 11) is 0. The SMILES string of the molecule is O=C(NC1CCN(CC(F)F)CC1)c1[nH]ncc1NC(=O)c1c(F)cccc1F. The van der Waals surface area contributed by atoms with Crippen LogP contribution in [0.25, 0.3) is 0 Å². The van der Waals surface area contributed by atoms with Gasteiger partial charge in [0.25, 0.3) is 18.2 Å². The van der Waals surface area contributed by atoms with Crippen molar-refractivity contribution in [3.8, 4) is 0 Å². The lowest BCUT2D eigenvalue weighted by molar-refractivity contribution is 0.0695. The Labute approximate surface area is 163 Å². The number of hydrogen-bond acceptors (Lipinski definition) is 4. The summed E-state index contributed by atoms with van der Waals surface area (Å²) in [6, 6.07) is 2.79. The molecule has 3 rings (SSSR count). The number of rotatable bonds is 6. The fraction of sp³-hybridized carbons (Fsp3) is 0.389. The van der Waals surface area contributed by atoms with Gasteiger partial charge in [-0.2, -0.15) is 5.10 Å². The van der Waals surface area contributed by atoms with Crippen molar-refractivity contribution in [2.24, 2.45) is 0 Å². The van der Waals surface area contributed by atoms with Crippen LogP contribution in [0, 0.1) is 11.6 Å². The van der Waals surface area contributed by atoms with E-state index in [1.54, 1.807) is 4.90 Å². The Morgan fingerprint density at radius 2 is 1.83 bits per heavy atom. The standard InChI is InChI=1S/C18H19F4N5O2/c19-11-2-1-3-12(20)15(11)17(28)25-13-8-23-26-16(13)18(29)24-10-4-6-27(7-5-10)9-14(21)22/h1-3,8,10,14H,4-7,9H2,(H,23,26)(H,24,29)(H,25,28). The number of nitrogens with zero attached hydrogens (tertiary/aromatic N) is 2. The third kappa shape index (κ3) is 5.11. The van der Waals surface area contributed by atoms with Gasteiger partial charge in [-0.3, -0.25) is 19.6 Å². The maximum atomic E-state index is 13.8. The van der Waals surface area contributed by atoms with E-state index in [2.05, 4.69) is 20.8 Å². The highest BCUT2D eigenvalue weighted by Gasteiger charge is 2.25. The van der Waals surface area contributed by atoms with Crippen LogP contribution >= 0.6 is 0 Å². The van der Waals surface area contributed by atoms with Gasteiger partial charge < -0.3 is 10.6 Å². The van der Waals surface area contributed by atoms with E-state index in [-0.39, 0.29) is 24.0 Å². The Balaban J connectivity index is 1.61. The first-order chi connectivity index (χ1) is 13.8. The van der Waals surface area contributed by atoms with Gasteiger partial charge in [0.15, 0.2) is 0 Å². The molecular weight excluding hydrogens is 394 g/mol. The molecule has 0 aliphatic carbocycles. The monoisotopic (exact) mass is 413 g/mol. The second-order valence-corrected chi connectivity index (χ2v) is 6.65. The van der Waals surface area contributed by atoms with Gasteiger partial charge >= 0.3 is 0 Å². The molecule has 2 aromatic rings. The zero-order valence-corrected chi connectivity index (χ0v) is 15.2. The summed E-state index contributed by atoms with van der Waals surface area (Å²) in [6.07, 6.45) is -0.267. The minimum atomic E-state index is -2.41. The van der Waals surface area contributed by atoms with E-state index >= 15 is 0 Å². The highest BCUT2D eigenvalue weighted by Crippen LogP contribution is 2.18. The van der Waals surface area contributed by atoms with Gasteiger partial charge in [0.2, 0.25) is 0 Å². The summed E-state index contributed by atoms with van der Waals surface area (Å²) in [5.74, 6) is -3.70. The van der Waals surface area contributed by atoms with Crippen LogP contribution in [0.5, 0.6) is 0 Å². The lowest BCUT2D eigenvalue weighted by atomic mass is 10.0. The summed E-state index contributed by atoms with van der Waals surface area (Å²) in [6.45, 7) is 0.548. The van der Waals surface area contributed by atoms with Gasteiger partial charge in [-0.15, -0.1) is 0 Å². The smallest absolute Gasteiger partial charge is 0.271 e. The van der Waals surface area contributed by atoms with Crippen LogP contribution in [0.2, 0.25) is 0 Å². The van der Waals surface area contributed by atoms with Crippen molar-refractivity contribution in [1.82, 2.24) is 20.4 Å². The zero-order chi connectivity index (χ0) is 21.0.